The molecule has 2 rings (SSSR count). The zero-order chi connectivity index (χ0) is 13.7. The van der Waals surface area contributed by atoms with Gasteiger partial charge in [-0.25, -0.2) is 0 Å². The summed E-state index contributed by atoms with van der Waals surface area (Å²) >= 11 is 3.94. The van der Waals surface area contributed by atoms with Crippen molar-refractivity contribution < 1.29 is 8.78 Å². The predicted molar refractivity (Wildman–Crippen MR) is 79.8 cm³/mol. The van der Waals surface area contributed by atoms with E-state index in [4.69, 9.17) is 0 Å². The van der Waals surface area contributed by atoms with Gasteiger partial charge in [0.05, 0.1) is 0 Å². The number of hydrogen-bond donors (Lipinski definition) is 1. The number of anilines is 1. The molecule has 1 nitrogen and oxygen atoms in total. The first kappa shape index (κ1) is 14.3. The van der Waals surface area contributed by atoms with Crippen molar-refractivity contribution in [2.24, 2.45) is 0 Å². The molecule has 0 unspecified atom stereocenters. The lowest BCUT2D eigenvalue weighted by Gasteiger charge is -2.07. The summed E-state index contributed by atoms with van der Waals surface area (Å²) in [4.78, 5) is 0.573. The van der Waals surface area contributed by atoms with Gasteiger partial charge in [-0.3, -0.25) is 0 Å². The third-order valence-electron chi connectivity index (χ3n) is 2.49. The Hall–Kier alpha value is -1.07. The Morgan fingerprint density at radius 1 is 1.00 bits per heavy atom. The maximum Gasteiger partial charge on any atom is 0.288 e. The molecule has 0 heterocycles. The molecule has 0 aliphatic heterocycles. The highest BCUT2D eigenvalue weighted by molar-refractivity contribution is 9.10. The van der Waals surface area contributed by atoms with Gasteiger partial charge in [0.15, 0.2) is 0 Å². The summed E-state index contributed by atoms with van der Waals surface area (Å²) in [6, 6.07) is 15.0. The minimum Gasteiger partial charge on any atom is -0.381 e. The van der Waals surface area contributed by atoms with Gasteiger partial charge in [0, 0.05) is 21.6 Å². The first-order chi connectivity index (χ1) is 9.13. The zero-order valence-corrected chi connectivity index (χ0v) is 12.3. The number of halogens is 3. The van der Waals surface area contributed by atoms with Crippen LogP contribution in [0.3, 0.4) is 0 Å². The quantitative estimate of drug-likeness (QED) is 0.731. The van der Waals surface area contributed by atoms with E-state index in [-0.39, 0.29) is 0 Å². The fourth-order valence-electron chi connectivity index (χ4n) is 1.56. The molecule has 0 aromatic heterocycles. The molecule has 100 valence electrons. The van der Waals surface area contributed by atoms with Crippen molar-refractivity contribution in [1.82, 2.24) is 0 Å². The molecule has 0 atom stereocenters. The van der Waals surface area contributed by atoms with E-state index in [9.17, 15) is 8.78 Å². The largest absolute Gasteiger partial charge is 0.381 e. The van der Waals surface area contributed by atoms with Crippen LogP contribution in [0.1, 0.15) is 5.56 Å². The molecule has 2 aromatic rings. The topological polar surface area (TPSA) is 12.0 Å². The van der Waals surface area contributed by atoms with Crippen molar-refractivity contribution >= 4 is 33.4 Å². The maximum absolute atomic E-state index is 12.2. The van der Waals surface area contributed by atoms with Crippen LogP contribution in [-0.2, 0) is 6.54 Å². The van der Waals surface area contributed by atoms with Crippen molar-refractivity contribution in [3.63, 3.8) is 0 Å². The van der Waals surface area contributed by atoms with Crippen LogP contribution in [0, 0.1) is 0 Å². The average Bonchev–Trinajstić information content (AvgIpc) is 2.39. The molecule has 0 saturated heterocycles. The second kappa shape index (κ2) is 6.91. The van der Waals surface area contributed by atoms with Crippen LogP contribution in [-0.4, -0.2) is 5.76 Å². The van der Waals surface area contributed by atoms with E-state index in [0.717, 1.165) is 15.7 Å². The summed E-state index contributed by atoms with van der Waals surface area (Å²) in [5, 5.41) is 3.25. The Bertz CT molecular complexity index is 514. The van der Waals surface area contributed by atoms with E-state index in [2.05, 4.69) is 21.2 Å². The molecule has 0 bridgehead atoms. The molecule has 0 amide bonds. The van der Waals surface area contributed by atoms with Crippen LogP contribution in [0.2, 0.25) is 0 Å². The number of nitrogens with one attached hydrogen (secondary N) is 1. The predicted octanol–water partition coefficient (Wildman–Crippen LogP) is 5.38. The van der Waals surface area contributed by atoms with Gasteiger partial charge in [-0.2, -0.15) is 8.78 Å². The van der Waals surface area contributed by atoms with Crippen molar-refractivity contribution in [1.29, 1.82) is 0 Å². The summed E-state index contributed by atoms with van der Waals surface area (Å²) in [6.45, 7) is 0.703. The Morgan fingerprint density at radius 2 is 1.63 bits per heavy atom. The van der Waals surface area contributed by atoms with Crippen molar-refractivity contribution in [2.75, 3.05) is 5.32 Å². The molecule has 0 fully saturated rings. The smallest absolute Gasteiger partial charge is 0.288 e. The lowest BCUT2D eigenvalue weighted by molar-refractivity contribution is 0.252. The standard InChI is InChI=1S/C14H12BrF2NS/c15-11-3-1-10(2-4-11)9-18-12-5-7-13(8-6-12)19-14(16)17/h1-8,14,18H,9H2. The highest BCUT2D eigenvalue weighted by Gasteiger charge is 2.04. The van der Waals surface area contributed by atoms with Gasteiger partial charge in [0.25, 0.3) is 5.76 Å². The van der Waals surface area contributed by atoms with Crippen LogP contribution in [0.25, 0.3) is 0 Å². The van der Waals surface area contributed by atoms with Gasteiger partial charge in [0.1, 0.15) is 0 Å². The lowest BCUT2D eigenvalue weighted by Crippen LogP contribution is -1.98. The first-order valence-electron chi connectivity index (χ1n) is 5.67. The highest BCUT2D eigenvalue weighted by Crippen LogP contribution is 2.26. The van der Waals surface area contributed by atoms with Gasteiger partial charge in [-0.05, 0) is 42.0 Å². The van der Waals surface area contributed by atoms with Crippen molar-refractivity contribution in [3.05, 3.63) is 58.6 Å². The fourth-order valence-corrected chi connectivity index (χ4v) is 2.32. The van der Waals surface area contributed by atoms with Gasteiger partial charge >= 0.3 is 0 Å². The monoisotopic (exact) mass is 343 g/mol. The fraction of sp³-hybridized carbons (Fsp3) is 0.143. The molecule has 19 heavy (non-hydrogen) atoms. The van der Waals surface area contributed by atoms with E-state index < -0.39 is 5.76 Å². The molecular weight excluding hydrogens is 332 g/mol. The minimum atomic E-state index is -2.37. The third kappa shape index (κ3) is 4.84. The molecule has 0 saturated carbocycles. The molecule has 0 spiro atoms. The van der Waals surface area contributed by atoms with E-state index in [0.29, 0.717) is 23.2 Å². The van der Waals surface area contributed by atoms with Gasteiger partial charge in [0.2, 0.25) is 0 Å². The average molecular weight is 344 g/mol. The second-order valence-electron chi connectivity index (χ2n) is 3.88. The van der Waals surface area contributed by atoms with E-state index >= 15 is 0 Å². The first-order valence-corrected chi connectivity index (χ1v) is 7.34. The van der Waals surface area contributed by atoms with Gasteiger partial charge in [-0.15, -0.1) is 0 Å². The van der Waals surface area contributed by atoms with E-state index in [1.54, 1.807) is 12.1 Å². The zero-order valence-electron chi connectivity index (χ0n) is 9.95. The van der Waals surface area contributed by atoms with Gasteiger partial charge in [-0.1, -0.05) is 39.8 Å². The SMILES string of the molecule is FC(F)Sc1ccc(NCc2ccc(Br)cc2)cc1. The highest BCUT2D eigenvalue weighted by atomic mass is 79.9. The van der Waals surface area contributed by atoms with Crippen LogP contribution in [0.5, 0.6) is 0 Å². The lowest BCUT2D eigenvalue weighted by atomic mass is 10.2. The van der Waals surface area contributed by atoms with Crippen LogP contribution >= 0.6 is 27.7 Å². The van der Waals surface area contributed by atoms with Crippen LogP contribution in [0.15, 0.2) is 57.9 Å². The Balaban J connectivity index is 1.91. The summed E-state index contributed by atoms with van der Waals surface area (Å²) in [7, 11) is 0. The minimum absolute atomic E-state index is 0.557. The molecule has 5 heteroatoms. The Morgan fingerprint density at radius 3 is 2.21 bits per heavy atom. The summed E-state index contributed by atoms with van der Waals surface area (Å²) in [5.74, 6) is -2.37. The second-order valence-corrected chi connectivity index (χ2v) is 5.86. The van der Waals surface area contributed by atoms with Crippen LogP contribution in [0.4, 0.5) is 14.5 Å². The molecule has 1 N–H and O–H groups in total. The Kier molecular flexibility index (Phi) is 5.22. The summed E-state index contributed by atoms with van der Waals surface area (Å²) in [5.41, 5.74) is 2.08. The molecule has 0 aliphatic carbocycles. The number of benzene rings is 2. The molecular formula is C14H12BrF2NS. The number of alkyl halides is 2. The summed E-state index contributed by atoms with van der Waals surface area (Å²) < 4.78 is 25.4. The van der Waals surface area contributed by atoms with Crippen LogP contribution < -0.4 is 5.32 Å². The number of hydrogen-bond acceptors (Lipinski definition) is 2. The van der Waals surface area contributed by atoms with Crippen molar-refractivity contribution in [2.45, 2.75) is 17.2 Å². The maximum atomic E-state index is 12.2. The number of rotatable bonds is 5. The normalized spacial score (nSPS) is 10.7. The molecule has 2 aromatic carbocycles. The Labute approximate surface area is 123 Å². The van der Waals surface area contributed by atoms with E-state index in [1.165, 1.54) is 0 Å². The van der Waals surface area contributed by atoms with E-state index in [1.807, 2.05) is 36.4 Å². The third-order valence-corrected chi connectivity index (χ3v) is 3.74. The molecule has 0 aliphatic rings. The number of thioether (sulfide) groups is 1. The molecule has 0 radical (unpaired) electrons. The summed E-state index contributed by atoms with van der Waals surface area (Å²) in [6.07, 6.45) is 0. The van der Waals surface area contributed by atoms with Gasteiger partial charge < -0.3 is 5.32 Å². The van der Waals surface area contributed by atoms with Crippen molar-refractivity contribution in [3.8, 4) is 0 Å².